The second-order valence-corrected chi connectivity index (χ2v) is 11.0. The zero-order valence-electron chi connectivity index (χ0n) is 19.2. The van der Waals surface area contributed by atoms with Gasteiger partial charge < -0.3 is 14.7 Å². The molecule has 10 heteroatoms. The minimum Gasteiger partial charge on any atom is -0.497 e. The molecule has 35 heavy (non-hydrogen) atoms. The molecule has 0 saturated carbocycles. The summed E-state index contributed by atoms with van der Waals surface area (Å²) in [6.45, 7) is 1.83. The molecule has 6 nitrogen and oxygen atoms in total. The number of fused-ring (bicyclic) bond motifs is 1. The monoisotopic (exact) mass is 520 g/mol. The van der Waals surface area contributed by atoms with Crippen molar-refractivity contribution < 1.29 is 28.2 Å². The van der Waals surface area contributed by atoms with Crippen molar-refractivity contribution >= 4 is 45.8 Å². The first-order valence-corrected chi connectivity index (χ1v) is 13.1. The van der Waals surface area contributed by atoms with Crippen LogP contribution in [0.25, 0.3) is 10.9 Å². The lowest BCUT2D eigenvalue weighted by Gasteiger charge is -2.36. The van der Waals surface area contributed by atoms with Crippen LogP contribution in [-0.2, 0) is 4.79 Å². The molecule has 186 valence electrons. The summed E-state index contributed by atoms with van der Waals surface area (Å²) < 4.78 is 33.9. The van der Waals surface area contributed by atoms with E-state index >= 15 is 0 Å². The summed E-state index contributed by atoms with van der Waals surface area (Å²) in [7, 11) is 1.49. The van der Waals surface area contributed by atoms with Gasteiger partial charge in [-0.25, -0.2) is 4.39 Å². The number of ether oxygens (including phenoxy) is 1. The first kappa shape index (κ1) is 25.5. The van der Waals surface area contributed by atoms with E-state index in [0.29, 0.717) is 42.6 Å². The number of Topliss-reactive ketones (excluding diaryl/α,β-unsaturated/α-hetero) is 1. The first-order valence-electron chi connectivity index (χ1n) is 11.3. The van der Waals surface area contributed by atoms with Crippen molar-refractivity contribution in [3.63, 3.8) is 0 Å². The van der Waals surface area contributed by atoms with Gasteiger partial charge in [0, 0.05) is 30.6 Å². The summed E-state index contributed by atoms with van der Waals surface area (Å²) in [5, 5.41) is 9.99. The Morgan fingerprint density at radius 3 is 2.83 bits per heavy atom. The van der Waals surface area contributed by atoms with Gasteiger partial charge in [-0.1, -0.05) is 11.3 Å². The van der Waals surface area contributed by atoms with Gasteiger partial charge in [0.25, 0.3) is 0 Å². The van der Waals surface area contributed by atoms with Gasteiger partial charge in [0.15, 0.2) is 16.7 Å². The number of aromatic nitrogens is 1. The summed E-state index contributed by atoms with van der Waals surface area (Å²) in [6, 6.07) is 8.16. The molecule has 2 atom stereocenters. The van der Waals surface area contributed by atoms with Crippen molar-refractivity contribution in [3.8, 4) is 5.75 Å². The van der Waals surface area contributed by atoms with Gasteiger partial charge in [0.05, 0.1) is 34.5 Å². The van der Waals surface area contributed by atoms with Crippen LogP contribution in [0, 0.1) is 22.8 Å². The normalized spacial score (nSPS) is 18.6. The molecule has 0 unspecified atom stereocenters. The number of hydrogen-bond acceptors (Lipinski definition) is 7. The number of ketones is 1. The van der Waals surface area contributed by atoms with Crippen LogP contribution in [0.4, 0.5) is 8.78 Å². The minimum atomic E-state index is -0.884. The fourth-order valence-corrected chi connectivity index (χ4v) is 6.45. The van der Waals surface area contributed by atoms with E-state index in [1.54, 1.807) is 36.0 Å². The number of aliphatic carboxylic acids is 1. The van der Waals surface area contributed by atoms with Gasteiger partial charge in [-0.3, -0.25) is 14.6 Å². The summed E-state index contributed by atoms with van der Waals surface area (Å²) in [4.78, 5) is 31.2. The number of rotatable bonds is 10. The maximum Gasteiger partial charge on any atom is 0.308 e. The van der Waals surface area contributed by atoms with E-state index in [2.05, 4.69) is 9.88 Å². The van der Waals surface area contributed by atoms with E-state index in [0.717, 1.165) is 34.0 Å². The molecule has 4 rings (SSSR count). The van der Waals surface area contributed by atoms with Crippen molar-refractivity contribution in [2.45, 2.75) is 23.5 Å². The highest BCUT2D eigenvalue weighted by Gasteiger charge is 2.34. The van der Waals surface area contributed by atoms with Crippen LogP contribution in [0.15, 0.2) is 40.7 Å². The Kier molecular flexibility index (Phi) is 8.35. The highest BCUT2D eigenvalue weighted by atomic mass is 32.2. The second-order valence-electron chi connectivity index (χ2n) is 8.53. The average Bonchev–Trinajstić information content (AvgIpc) is 3.27. The fourth-order valence-electron chi connectivity index (χ4n) is 4.55. The highest BCUT2D eigenvalue weighted by molar-refractivity contribution is 8.01. The Bertz CT molecular complexity index is 1220. The Hall–Kier alpha value is -2.56. The Labute approximate surface area is 210 Å². The fraction of sp³-hybridized carbons (Fsp3) is 0.400. The maximum absolute atomic E-state index is 14.6. The molecule has 0 radical (unpaired) electrons. The van der Waals surface area contributed by atoms with Crippen molar-refractivity contribution in [3.05, 3.63) is 53.0 Å². The molecule has 1 fully saturated rings. The number of benzene rings is 1. The minimum absolute atomic E-state index is 0.0275. The number of carboxylic acid groups (broad SMARTS) is 1. The van der Waals surface area contributed by atoms with E-state index < -0.39 is 17.7 Å². The summed E-state index contributed by atoms with van der Waals surface area (Å²) in [6.07, 6.45) is 2.13. The summed E-state index contributed by atoms with van der Waals surface area (Å²) in [5.74, 6) is -1.46. The van der Waals surface area contributed by atoms with Gasteiger partial charge in [0.1, 0.15) is 5.75 Å². The Morgan fingerprint density at radius 2 is 2.11 bits per heavy atom. The molecule has 1 aliphatic heterocycles. The number of halogens is 2. The number of carboxylic acids is 1. The number of pyridine rings is 1. The molecule has 0 spiro atoms. The van der Waals surface area contributed by atoms with Crippen LogP contribution >= 0.6 is 23.1 Å². The number of piperidine rings is 1. The molecule has 3 aromatic rings. The van der Waals surface area contributed by atoms with Crippen molar-refractivity contribution in [1.29, 1.82) is 0 Å². The largest absolute Gasteiger partial charge is 0.497 e. The maximum atomic E-state index is 14.6. The quantitative estimate of drug-likeness (QED) is 0.285. The van der Waals surface area contributed by atoms with Crippen molar-refractivity contribution in [2.75, 3.05) is 32.5 Å². The number of carbonyl (C=O) groups is 2. The van der Waals surface area contributed by atoms with Crippen LogP contribution in [-0.4, -0.2) is 59.2 Å². The van der Waals surface area contributed by atoms with E-state index in [1.807, 2.05) is 0 Å². The molecular weight excluding hydrogens is 494 g/mol. The number of thiophene rings is 1. The topological polar surface area (TPSA) is 79.7 Å². The SMILES string of the molecule is COc1ccc2ncc(F)c(C(=O)CC[C@H]3CCN(CCSc4ccc(F)s4)C[C@H]3C(=O)O)c2c1. The molecule has 2 aromatic heterocycles. The third-order valence-electron chi connectivity index (χ3n) is 6.41. The van der Waals surface area contributed by atoms with Gasteiger partial charge in [0.2, 0.25) is 0 Å². The molecule has 1 saturated heterocycles. The Balaban J connectivity index is 1.37. The third kappa shape index (κ3) is 6.17. The lowest BCUT2D eigenvalue weighted by molar-refractivity contribution is -0.146. The zero-order chi connectivity index (χ0) is 24.9. The van der Waals surface area contributed by atoms with Gasteiger partial charge in [-0.05, 0) is 55.6 Å². The van der Waals surface area contributed by atoms with Gasteiger partial charge in [-0.15, -0.1) is 11.8 Å². The molecule has 1 N–H and O–H groups in total. The van der Waals surface area contributed by atoms with Gasteiger partial charge in [-0.2, -0.15) is 4.39 Å². The summed E-state index contributed by atoms with van der Waals surface area (Å²) in [5.41, 5.74) is 0.468. The average molecular weight is 521 g/mol. The molecule has 0 amide bonds. The zero-order valence-corrected chi connectivity index (χ0v) is 20.8. The molecular formula is C25H26F2N2O4S2. The van der Waals surface area contributed by atoms with Crippen LogP contribution in [0.2, 0.25) is 0 Å². The predicted molar refractivity (Wildman–Crippen MR) is 132 cm³/mol. The first-order chi connectivity index (χ1) is 16.9. The lowest BCUT2D eigenvalue weighted by atomic mass is 9.81. The third-order valence-corrected chi connectivity index (χ3v) is 8.49. The van der Waals surface area contributed by atoms with E-state index in [9.17, 15) is 23.5 Å². The van der Waals surface area contributed by atoms with Crippen LogP contribution < -0.4 is 4.74 Å². The standard InChI is InChI=1S/C25H26F2N2O4S2/c1-33-16-3-4-20-17(12-16)24(19(26)13-28-20)21(30)5-2-15-8-9-29(14-18(15)25(31)32)10-11-34-23-7-6-22(27)35-23/h3-4,6-7,12-13,15,18H,2,5,8-11,14H2,1H3,(H,31,32)/t15-,18+/m0/s1. The molecule has 1 aliphatic rings. The van der Waals surface area contributed by atoms with E-state index in [4.69, 9.17) is 4.74 Å². The van der Waals surface area contributed by atoms with E-state index in [-0.39, 0.29) is 28.8 Å². The second kappa shape index (κ2) is 11.5. The lowest BCUT2D eigenvalue weighted by Crippen LogP contribution is -2.44. The number of thioether (sulfide) groups is 1. The molecule has 1 aromatic carbocycles. The smallest absolute Gasteiger partial charge is 0.308 e. The van der Waals surface area contributed by atoms with Crippen LogP contribution in [0.1, 0.15) is 29.6 Å². The molecule has 3 heterocycles. The van der Waals surface area contributed by atoms with Crippen molar-refractivity contribution in [2.24, 2.45) is 11.8 Å². The molecule has 0 bridgehead atoms. The molecule has 0 aliphatic carbocycles. The number of likely N-dealkylation sites (tertiary alicyclic amines) is 1. The van der Waals surface area contributed by atoms with Crippen molar-refractivity contribution in [1.82, 2.24) is 9.88 Å². The highest BCUT2D eigenvalue weighted by Crippen LogP contribution is 2.32. The van der Waals surface area contributed by atoms with Gasteiger partial charge >= 0.3 is 5.97 Å². The summed E-state index contributed by atoms with van der Waals surface area (Å²) >= 11 is 2.66. The Morgan fingerprint density at radius 1 is 1.29 bits per heavy atom. The number of hydrogen-bond donors (Lipinski definition) is 1. The number of carbonyl (C=O) groups excluding carboxylic acids is 1. The number of methoxy groups -OCH3 is 1. The van der Waals surface area contributed by atoms with Crippen LogP contribution in [0.5, 0.6) is 5.75 Å². The predicted octanol–water partition coefficient (Wildman–Crippen LogP) is 5.36. The van der Waals surface area contributed by atoms with Crippen LogP contribution in [0.3, 0.4) is 0 Å². The number of nitrogens with zero attached hydrogens (tertiary/aromatic N) is 2. The van der Waals surface area contributed by atoms with E-state index in [1.165, 1.54) is 13.2 Å².